The van der Waals surface area contributed by atoms with Crippen molar-refractivity contribution < 1.29 is 4.74 Å². The van der Waals surface area contributed by atoms with Crippen LogP contribution in [0.25, 0.3) is 6.08 Å². The van der Waals surface area contributed by atoms with Gasteiger partial charge in [-0.05, 0) is 30.5 Å². The molecule has 0 bridgehead atoms. The Balaban J connectivity index is 2.06. The molecule has 1 fully saturated rings. The first-order chi connectivity index (χ1) is 7.25. The number of benzene rings is 1. The molecule has 0 saturated carbocycles. The highest BCUT2D eigenvalue weighted by atomic mass is 35.5. The number of halogens is 2. The fourth-order valence-electron chi connectivity index (χ4n) is 1.59. The molecule has 0 radical (unpaired) electrons. The summed E-state index contributed by atoms with van der Waals surface area (Å²) in [6.45, 7) is 0.871. The van der Waals surface area contributed by atoms with Crippen LogP contribution in [0.1, 0.15) is 18.4 Å². The highest BCUT2D eigenvalue weighted by Crippen LogP contribution is 2.23. The summed E-state index contributed by atoms with van der Waals surface area (Å²) in [7, 11) is 0. The number of ether oxygens (including phenoxy) is 1. The van der Waals surface area contributed by atoms with E-state index in [1.54, 1.807) is 6.07 Å². The molecule has 15 heavy (non-hydrogen) atoms. The first-order valence-electron chi connectivity index (χ1n) is 5.00. The lowest BCUT2D eigenvalue weighted by atomic mass is 10.1. The van der Waals surface area contributed by atoms with E-state index in [2.05, 4.69) is 6.08 Å². The average Bonchev–Trinajstić information content (AvgIpc) is 2.73. The number of hydrogen-bond donors (Lipinski definition) is 0. The van der Waals surface area contributed by atoms with E-state index in [1.165, 1.54) is 0 Å². The van der Waals surface area contributed by atoms with E-state index in [-0.39, 0.29) is 6.10 Å². The van der Waals surface area contributed by atoms with Gasteiger partial charge in [-0.2, -0.15) is 0 Å². The smallest absolute Gasteiger partial charge is 0.0759 e. The summed E-state index contributed by atoms with van der Waals surface area (Å²) in [6, 6.07) is 5.61. The van der Waals surface area contributed by atoms with Crippen molar-refractivity contribution in [2.75, 3.05) is 6.61 Å². The predicted octanol–water partition coefficient (Wildman–Crippen LogP) is 4.19. The van der Waals surface area contributed by atoms with Crippen LogP contribution in [0, 0.1) is 0 Å². The molecule has 3 heteroatoms. The lowest BCUT2D eigenvalue weighted by Gasteiger charge is -2.02. The lowest BCUT2D eigenvalue weighted by molar-refractivity contribution is 0.146. The SMILES string of the molecule is Clc1ccc(/C=C/C2CCCO2)cc1Cl. The van der Waals surface area contributed by atoms with Gasteiger partial charge in [-0.1, -0.05) is 41.4 Å². The van der Waals surface area contributed by atoms with Gasteiger partial charge >= 0.3 is 0 Å². The Morgan fingerprint density at radius 1 is 1.27 bits per heavy atom. The first-order valence-corrected chi connectivity index (χ1v) is 5.76. The van der Waals surface area contributed by atoms with Gasteiger partial charge in [0, 0.05) is 6.61 Å². The summed E-state index contributed by atoms with van der Waals surface area (Å²) in [5.74, 6) is 0. The third kappa shape index (κ3) is 2.97. The second kappa shape index (κ2) is 5.02. The number of hydrogen-bond acceptors (Lipinski definition) is 1. The zero-order chi connectivity index (χ0) is 10.7. The largest absolute Gasteiger partial charge is 0.374 e. The van der Waals surface area contributed by atoms with Gasteiger partial charge in [-0.25, -0.2) is 0 Å². The number of rotatable bonds is 2. The molecule has 1 saturated heterocycles. The van der Waals surface area contributed by atoms with Crippen molar-refractivity contribution in [3.8, 4) is 0 Å². The Morgan fingerprint density at radius 3 is 2.80 bits per heavy atom. The van der Waals surface area contributed by atoms with Crippen LogP contribution in [-0.2, 0) is 4.74 Å². The van der Waals surface area contributed by atoms with E-state index in [9.17, 15) is 0 Å². The minimum absolute atomic E-state index is 0.263. The molecule has 2 rings (SSSR count). The summed E-state index contributed by atoms with van der Waals surface area (Å²) in [5.41, 5.74) is 1.06. The molecule has 1 heterocycles. The van der Waals surface area contributed by atoms with Crippen molar-refractivity contribution in [1.29, 1.82) is 0 Å². The Hall–Kier alpha value is -0.500. The van der Waals surface area contributed by atoms with Gasteiger partial charge in [-0.3, -0.25) is 0 Å². The van der Waals surface area contributed by atoms with Gasteiger partial charge in [0.1, 0.15) is 0 Å². The van der Waals surface area contributed by atoms with Crippen molar-refractivity contribution in [3.63, 3.8) is 0 Å². The zero-order valence-electron chi connectivity index (χ0n) is 8.25. The summed E-state index contributed by atoms with van der Waals surface area (Å²) < 4.78 is 5.48. The summed E-state index contributed by atoms with van der Waals surface area (Å²) in [4.78, 5) is 0. The zero-order valence-corrected chi connectivity index (χ0v) is 9.76. The molecule has 1 aromatic carbocycles. The van der Waals surface area contributed by atoms with Crippen molar-refractivity contribution in [2.24, 2.45) is 0 Å². The van der Waals surface area contributed by atoms with Gasteiger partial charge in [0.15, 0.2) is 0 Å². The molecule has 80 valence electrons. The molecule has 1 unspecified atom stereocenters. The maximum absolute atomic E-state index is 5.91. The summed E-state index contributed by atoms with van der Waals surface area (Å²) in [5, 5.41) is 1.18. The Labute approximate surface area is 99.6 Å². The fraction of sp³-hybridized carbons (Fsp3) is 0.333. The molecule has 0 aliphatic carbocycles. The van der Waals surface area contributed by atoms with Crippen LogP contribution in [0.2, 0.25) is 10.0 Å². The molecule has 0 spiro atoms. The minimum atomic E-state index is 0.263. The highest BCUT2D eigenvalue weighted by Gasteiger charge is 2.11. The topological polar surface area (TPSA) is 9.23 Å². The molecule has 1 nitrogen and oxygen atoms in total. The molecule has 1 atom stereocenters. The second-order valence-electron chi connectivity index (χ2n) is 3.58. The predicted molar refractivity (Wildman–Crippen MR) is 64.5 cm³/mol. The van der Waals surface area contributed by atoms with Crippen molar-refractivity contribution in [3.05, 3.63) is 39.9 Å². The van der Waals surface area contributed by atoms with E-state index in [4.69, 9.17) is 27.9 Å². The van der Waals surface area contributed by atoms with E-state index in [1.807, 2.05) is 18.2 Å². The van der Waals surface area contributed by atoms with Crippen LogP contribution >= 0.6 is 23.2 Å². The molecule has 0 aromatic heterocycles. The van der Waals surface area contributed by atoms with E-state index < -0.39 is 0 Å². The Morgan fingerprint density at radius 2 is 2.13 bits per heavy atom. The van der Waals surface area contributed by atoms with Crippen LogP contribution < -0.4 is 0 Å². The maximum atomic E-state index is 5.91. The molecule has 1 aliphatic heterocycles. The van der Waals surface area contributed by atoms with Crippen molar-refractivity contribution >= 4 is 29.3 Å². The third-order valence-corrected chi connectivity index (χ3v) is 3.15. The van der Waals surface area contributed by atoms with Crippen LogP contribution in [0.3, 0.4) is 0 Å². The van der Waals surface area contributed by atoms with Crippen LogP contribution in [0.4, 0.5) is 0 Å². The fourth-order valence-corrected chi connectivity index (χ4v) is 1.90. The average molecular weight is 243 g/mol. The van der Waals surface area contributed by atoms with Crippen molar-refractivity contribution in [1.82, 2.24) is 0 Å². The normalized spacial score (nSPS) is 21.3. The van der Waals surface area contributed by atoms with Gasteiger partial charge in [0.05, 0.1) is 16.1 Å². The first kappa shape index (κ1) is 11.0. The highest BCUT2D eigenvalue weighted by molar-refractivity contribution is 6.42. The molecule has 1 aromatic rings. The van der Waals surface area contributed by atoms with Gasteiger partial charge in [0.25, 0.3) is 0 Å². The van der Waals surface area contributed by atoms with Crippen LogP contribution in [0.5, 0.6) is 0 Å². The second-order valence-corrected chi connectivity index (χ2v) is 4.40. The van der Waals surface area contributed by atoms with Crippen LogP contribution in [0.15, 0.2) is 24.3 Å². The van der Waals surface area contributed by atoms with Crippen molar-refractivity contribution in [2.45, 2.75) is 18.9 Å². The van der Waals surface area contributed by atoms with Gasteiger partial charge in [0.2, 0.25) is 0 Å². The maximum Gasteiger partial charge on any atom is 0.0759 e. The van der Waals surface area contributed by atoms with Gasteiger partial charge in [-0.15, -0.1) is 0 Å². The molecular formula is C12H12Cl2O. The molecular weight excluding hydrogens is 231 g/mol. The monoisotopic (exact) mass is 242 g/mol. The third-order valence-electron chi connectivity index (χ3n) is 2.41. The minimum Gasteiger partial charge on any atom is -0.374 e. The van der Waals surface area contributed by atoms with E-state index in [0.29, 0.717) is 10.0 Å². The van der Waals surface area contributed by atoms with Crippen LogP contribution in [-0.4, -0.2) is 12.7 Å². The quantitative estimate of drug-likeness (QED) is 0.756. The summed E-state index contributed by atoms with van der Waals surface area (Å²) >= 11 is 11.7. The lowest BCUT2D eigenvalue weighted by Crippen LogP contribution is -1.98. The molecule has 0 N–H and O–H groups in total. The molecule has 1 aliphatic rings. The Bertz CT molecular complexity index is 368. The molecule has 0 amide bonds. The Kier molecular flexibility index (Phi) is 3.68. The summed E-state index contributed by atoms with van der Waals surface area (Å²) in [6.07, 6.45) is 6.62. The van der Waals surface area contributed by atoms with Gasteiger partial charge < -0.3 is 4.74 Å². The van der Waals surface area contributed by atoms with E-state index in [0.717, 1.165) is 25.0 Å². The standard InChI is InChI=1S/C12H12Cl2O/c13-11-6-4-9(8-12(11)14)3-5-10-2-1-7-15-10/h3-6,8,10H,1-2,7H2/b5-3+. The van der Waals surface area contributed by atoms with E-state index >= 15 is 0 Å².